The molecule has 6 heteroatoms. The molecule has 2 N–H and O–H groups in total. The number of hydrogen-bond acceptors (Lipinski definition) is 4. The van der Waals surface area contributed by atoms with Crippen molar-refractivity contribution in [3.63, 3.8) is 0 Å². The van der Waals surface area contributed by atoms with Crippen molar-refractivity contribution >= 4 is 11.7 Å². The number of nitrogens with zero attached hydrogens (tertiary/aromatic N) is 1. The summed E-state index contributed by atoms with van der Waals surface area (Å²) in [6.45, 7) is 0.776. The van der Waals surface area contributed by atoms with Gasteiger partial charge in [-0.1, -0.05) is 18.2 Å². The minimum Gasteiger partial charge on any atom is -0.368 e. The molecule has 0 saturated carbocycles. The van der Waals surface area contributed by atoms with Crippen LogP contribution < -0.4 is 5.73 Å². The zero-order chi connectivity index (χ0) is 16.4. The number of fused-ring (bicyclic) bond motifs is 1. The molecule has 0 aromatic heterocycles. The lowest BCUT2D eigenvalue weighted by Gasteiger charge is -2.23. The first kappa shape index (κ1) is 15.4. The number of hydrogen-bond donors (Lipinski definition) is 1. The number of halogens is 1. The van der Waals surface area contributed by atoms with Crippen LogP contribution in [-0.4, -0.2) is 35.8 Å². The Bertz CT molecular complexity index is 682. The molecule has 0 fully saturated rings. The fourth-order valence-corrected chi connectivity index (χ4v) is 2.81. The van der Waals surface area contributed by atoms with E-state index in [1.54, 1.807) is 29.3 Å². The Labute approximate surface area is 133 Å². The average molecular weight is 316 g/mol. The van der Waals surface area contributed by atoms with Crippen LogP contribution in [0.3, 0.4) is 0 Å². The van der Waals surface area contributed by atoms with E-state index in [9.17, 15) is 14.0 Å². The van der Waals surface area contributed by atoms with E-state index in [-0.39, 0.29) is 30.7 Å². The van der Waals surface area contributed by atoms with Crippen molar-refractivity contribution in [3.05, 3.63) is 59.6 Å². The molecular weight excluding hydrogens is 299 g/mol. The van der Waals surface area contributed by atoms with Gasteiger partial charge in [-0.3, -0.25) is 9.59 Å². The van der Waals surface area contributed by atoms with Crippen LogP contribution in [0.25, 0.3) is 0 Å². The molecule has 1 aromatic rings. The molecule has 2 aliphatic rings. The standard InChI is InChI=1S/C17H17FN2O3/c18-13-4-1-11(2-5-13)10-23-15-6-3-12-7-20(9-16(19)21)8-14(12)17(15)22/h1-7,14-15H,8-10H2,(H2,19,21). The van der Waals surface area contributed by atoms with Gasteiger partial charge in [0.15, 0.2) is 5.78 Å². The van der Waals surface area contributed by atoms with Crippen molar-refractivity contribution in [2.75, 3.05) is 13.1 Å². The molecule has 2 atom stereocenters. The largest absolute Gasteiger partial charge is 0.368 e. The highest BCUT2D eigenvalue weighted by molar-refractivity contribution is 5.92. The SMILES string of the molecule is NC(=O)CN1C=C2C=CC(OCc3ccc(F)cc3)C(=O)C2C1. The van der Waals surface area contributed by atoms with Gasteiger partial charge in [0, 0.05) is 12.7 Å². The van der Waals surface area contributed by atoms with E-state index in [2.05, 4.69) is 0 Å². The highest BCUT2D eigenvalue weighted by Crippen LogP contribution is 2.29. The van der Waals surface area contributed by atoms with Gasteiger partial charge in [0.1, 0.15) is 11.9 Å². The number of ether oxygens (including phenoxy) is 1. The third-order valence-corrected chi connectivity index (χ3v) is 3.94. The molecule has 120 valence electrons. The number of carbonyl (C=O) groups excluding carboxylic acids is 2. The first-order valence-electron chi connectivity index (χ1n) is 7.35. The molecule has 2 unspecified atom stereocenters. The van der Waals surface area contributed by atoms with Crippen LogP contribution in [0.2, 0.25) is 0 Å². The van der Waals surface area contributed by atoms with Gasteiger partial charge in [-0.05, 0) is 29.3 Å². The number of primary amides is 1. The topological polar surface area (TPSA) is 72.6 Å². The Morgan fingerprint density at radius 3 is 2.78 bits per heavy atom. The molecule has 0 saturated heterocycles. The number of amides is 1. The molecule has 5 nitrogen and oxygen atoms in total. The minimum absolute atomic E-state index is 0.0344. The number of nitrogens with two attached hydrogens (primary N) is 1. The summed E-state index contributed by atoms with van der Waals surface area (Å²) in [5.74, 6) is -1.07. The summed E-state index contributed by atoms with van der Waals surface area (Å²) in [6, 6.07) is 5.97. The average Bonchev–Trinajstić information content (AvgIpc) is 2.91. The predicted octanol–water partition coefficient (Wildman–Crippen LogP) is 1.15. The maximum atomic E-state index is 12.9. The Morgan fingerprint density at radius 1 is 1.35 bits per heavy atom. The Kier molecular flexibility index (Phi) is 4.25. The van der Waals surface area contributed by atoms with Gasteiger partial charge >= 0.3 is 0 Å². The van der Waals surface area contributed by atoms with Crippen molar-refractivity contribution < 1.29 is 18.7 Å². The summed E-state index contributed by atoms with van der Waals surface area (Å²) in [4.78, 5) is 25.2. The van der Waals surface area contributed by atoms with Crippen LogP contribution >= 0.6 is 0 Å². The normalized spacial score (nSPS) is 22.9. The summed E-state index contributed by atoms with van der Waals surface area (Å²) >= 11 is 0. The summed E-state index contributed by atoms with van der Waals surface area (Å²) in [6.07, 6.45) is 4.72. The van der Waals surface area contributed by atoms with E-state index >= 15 is 0 Å². The zero-order valence-electron chi connectivity index (χ0n) is 12.4. The second-order valence-corrected chi connectivity index (χ2v) is 5.70. The maximum absolute atomic E-state index is 12.9. The van der Waals surface area contributed by atoms with E-state index in [0.717, 1.165) is 11.1 Å². The molecule has 1 aliphatic carbocycles. The van der Waals surface area contributed by atoms with Crippen LogP contribution in [-0.2, 0) is 20.9 Å². The number of allylic oxidation sites excluding steroid dienone is 1. The predicted molar refractivity (Wildman–Crippen MR) is 81.5 cm³/mol. The first-order chi connectivity index (χ1) is 11.0. The van der Waals surface area contributed by atoms with Crippen LogP contribution in [0.4, 0.5) is 4.39 Å². The molecule has 0 spiro atoms. The Balaban J connectivity index is 1.61. The van der Waals surface area contributed by atoms with Gasteiger partial charge in [0.25, 0.3) is 0 Å². The number of ketones is 1. The van der Waals surface area contributed by atoms with Gasteiger partial charge in [-0.2, -0.15) is 0 Å². The molecule has 1 heterocycles. The smallest absolute Gasteiger partial charge is 0.236 e. The van der Waals surface area contributed by atoms with Crippen molar-refractivity contribution in [1.82, 2.24) is 4.90 Å². The minimum atomic E-state index is -0.629. The molecule has 1 aromatic carbocycles. The van der Waals surface area contributed by atoms with Crippen molar-refractivity contribution in [2.45, 2.75) is 12.7 Å². The van der Waals surface area contributed by atoms with E-state index in [1.165, 1.54) is 12.1 Å². The molecular formula is C17H17FN2O3. The second-order valence-electron chi connectivity index (χ2n) is 5.70. The van der Waals surface area contributed by atoms with E-state index in [0.29, 0.717) is 6.54 Å². The van der Waals surface area contributed by atoms with Crippen molar-refractivity contribution in [3.8, 4) is 0 Å². The summed E-state index contributed by atoms with van der Waals surface area (Å²) < 4.78 is 18.5. The highest BCUT2D eigenvalue weighted by Gasteiger charge is 2.36. The van der Waals surface area contributed by atoms with E-state index in [4.69, 9.17) is 10.5 Å². The maximum Gasteiger partial charge on any atom is 0.236 e. The van der Waals surface area contributed by atoms with E-state index in [1.807, 2.05) is 6.08 Å². The van der Waals surface area contributed by atoms with Gasteiger partial charge in [0.2, 0.25) is 5.91 Å². The van der Waals surface area contributed by atoms with Crippen molar-refractivity contribution in [1.29, 1.82) is 0 Å². The van der Waals surface area contributed by atoms with Gasteiger partial charge in [-0.25, -0.2) is 4.39 Å². The zero-order valence-corrected chi connectivity index (χ0v) is 12.4. The van der Waals surface area contributed by atoms with Crippen molar-refractivity contribution in [2.24, 2.45) is 11.7 Å². The van der Waals surface area contributed by atoms with E-state index < -0.39 is 12.0 Å². The molecule has 0 bridgehead atoms. The van der Waals surface area contributed by atoms with Gasteiger partial charge < -0.3 is 15.4 Å². The van der Waals surface area contributed by atoms with Crippen LogP contribution in [0, 0.1) is 11.7 Å². The Hall–Kier alpha value is -2.47. The number of benzene rings is 1. The third-order valence-electron chi connectivity index (χ3n) is 3.94. The lowest BCUT2D eigenvalue weighted by molar-refractivity contribution is -0.132. The summed E-state index contributed by atoms with van der Waals surface area (Å²) in [5, 5.41) is 0. The quantitative estimate of drug-likeness (QED) is 0.884. The summed E-state index contributed by atoms with van der Waals surface area (Å²) in [7, 11) is 0. The number of carbonyl (C=O) groups is 2. The molecule has 1 aliphatic heterocycles. The fraction of sp³-hybridized carbons (Fsp3) is 0.294. The monoisotopic (exact) mass is 316 g/mol. The number of Topliss-reactive ketones (excluding diaryl/α,β-unsaturated/α-hetero) is 1. The Morgan fingerprint density at radius 2 is 2.09 bits per heavy atom. The first-order valence-corrected chi connectivity index (χ1v) is 7.35. The lowest BCUT2D eigenvalue weighted by atomic mass is 9.88. The molecule has 23 heavy (non-hydrogen) atoms. The van der Waals surface area contributed by atoms with Gasteiger partial charge in [0.05, 0.1) is 19.1 Å². The summed E-state index contributed by atoms with van der Waals surface area (Å²) in [5.41, 5.74) is 6.86. The molecule has 3 rings (SSSR count). The third kappa shape index (κ3) is 3.48. The van der Waals surface area contributed by atoms with Crippen LogP contribution in [0.15, 0.2) is 48.2 Å². The second kappa shape index (κ2) is 6.34. The van der Waals surface area contributed by atoms with Crippen LogP contribution in [0.5, 0.6) is 0 Å². The molecule has 0 radical (unpaired) electrons. The van der Waals surface area contributed by atoms with Crippen LogP contribution in [0.1, 0.15) is 5.56 Å². The van der Waals surface area contributed by atoms with Gasteiger partial charge in [-0.15, -0.1) is 0 Å². The fourth-order valence-electron chi connectivity index (χ4n) is 2.81. The molecule has 1 amide bonds. The lowest BCUT2D eigenvalue weighted by Crippen LogP contribution is -2.36. The highest BCUT2D eigenvalue weighted by atomic mass is 19.1. The number of rotatable bonds is 5.